The lowest BCUT2D eigenvalue weighted by molar-refractivity contribution is 0.104. The minimum absolute atomic E-state index is 0.170. The highest BCUT2D eigenvalue weighted by molar-refractivity contribution is 6.05. The van der Waals surface area contributed by atoms with Crippen molar-refractivity contribution in [1.82, 2.24) is 0 Å². The summed E-state index contributed by atoms with van der Waals surface area (Å²) in [4.78, 5) is 11.7. The molecule has 0 aliphatic heterocycles. The first kappa shape index (κ1) is 10.8. The highest BCUT2D eigenvalue weighted by atomic mass is 16.2. The molecule has 0 aromatic heterocycles. The van der Waals surface area contributed by atoms with Crippen molar-refractivity contribution in [1.29, 1.82) is 0 Å². The number of rotatable bonds is 2. The van der Waals surface area contributed by atoms with E-state index in [1.807, 2.05) is 30.3 Å². The molecule has 0 amide bonds. The van der Waals surface area contributed by atoms with Gasteiger partial charge in [-0.1, -0.05) is 36.4 Å². The maximum Gasteiger partial charge on any atom is 0.188 e. The Morgan fingerprint density at radius 1 is 1.06 bits per heavy atom. The lowest BCUT2D eigenvalue weighted by Crippen LogP contribution is -1.95. The number of hydrogen-bond donors (Lipinski definition) is 1. The molecule has 18 heavy (non-hydrogen) atoms. The van der Waals surface area contributed by atoms with E-state index in [0.29, 0.717) is 5.56 Å². The van der Waals surface area contributed by atoms with Crippen LogP contribution in [0.3, 0.4) is 0 Å². The maximum atomic E-state index is 11.7. The summed E-state index contributed by atoms with van der Waals surface area (Å²) in [6, 6.07) is 14.0. The molecule has 2 aromatic rings. The first-order valence-electron chi connectivity index (χ1n) is 5.86. The van der Waals surface area contributed by atoms with Crippen molar-refractivity contribution >= 4 is 5.78 Å². The monoisotopic (exact) mass is 236 g/mol. The minimum atomic E-state index is -0.170. The van der Waals surface area contributed by atoms with Crippen LogP contribution < -0.4 is 0 Å². The van der Waals surface area contributed by atoms with E-state index in [4.69, 9.17) is 5.11 Å². The lowest BCUT2D eigenvalue weighted by Gasteiger charge is -2.02. The second-order valence-electron chi connectivity index (χ2n) is 4.39. The smallest absolute Gasteiger partial charge is 0.188 e. The molecule has 2 aromatic carbocycles. The van der Waals surface area contributed by atoms with Gasteiger partial charge in [-0.15, -0.1) is 0 Å². The highest BCUT2D eigenvalue weighted by Gasteiger charge is 2.18. The number of hydrogen-bond acceptors (Lipinski definition) is 2. The van der Waals surface area contributed by atoms with E-state index in [9.17, 15) is 4.79 Å². The van der Waals surface area contributed by atoms with E-state index in [1.54, 1.807) is 0 Å². The average Bonchev–Trinajstić information content (AvgIpc) is 2.76. The molecule has 2 nitrogen and oxygen atoms in total. The maximum absolute atomic E-state index is 11.7. The van der Waals surface area contributed by atoms with E-state index >= 15 is 0 Å². The molecule has 1 aliphatic carbocycles. The summed E-state index contributed by atoms with van der Waals surface area (Å²) in [6.45, 7) is 0. The fraction of sp³-hybridized carbons (Fsp3) is 0.0625. The fourth-order valence-corrected chi connectivity index (χ4v) is 2.46. The third kappa shape index (κ3) is 1.63. The van der Waals surface area contributed by atoms with E-state index < -0.39 is 0 Å². The summed E-state index contributed by atoms with van der Waals surface area (Å²) in [6.07, 6.45) is 2.82. The molecule has 0 atom stereocenters. The lowest BCUT2D eigenvalue weighted by atomic mass is 10.0. The first-order chi connectivity index (χ1) is 8.79. The van der Waals surface area contributed by atoms with Gasteiger partial charge in [0, 0.05) is 11.6 Å². The van der Waals surface area contributed by atoms with Crippen LogP contribution in [0.1, 0.15) is 21.5 Å². The quantitative estimate of drug-likeness (QED) is 0.420. The topological polar surface area (TPSA) is 37.3 Å². The summed E-state index contributed by atoms with van der Waals surface area (Å²) < 4.78 is 0. The van der Waals surface area contributed by atoms with Crippen molar-refractivity contribution in [2.24, 2.45) is 0 Å². The number of allylic oxidation sites excluding steroid dienone is 1. The van der Waals surface area contributed by atoms with Crippen LogP contribution in [-0.2, 0) is 6.42 Å². The van der Waals surface area contributed by atoms with Crippen LogP contribution in [0, 0.1) is 0 Å². The molecule has 0 unspecified atom stereocenters. The van der Waals surface area contributed by atoms with Crippen LogP contribution in [0.25, 0.3) is 11.1 Å². The number of benzene rings is 2. The number of ketones is 1. The second kappa shape index (κ2) is 4.15. The van der Waals surface area contributed by atoms with Crippen molar-refractivity contribution < 1.29 is 9.90 Å². The Morgan fingerprint density at radius 2 is 1.83 bits per heavy atom. The second-order valence-corrected chi connectivity index (χ2v) is 4.39. The van der Waals surface area contributed by atoms with Crippen molar-refractivity contribution in [2.75, 3.05) is 0 Å². The summed E-state index contributed by atoms with van der Waals surface area (Å²) >= 11 is 0. The predicted molar refractivity (Wildman–Crippen MR) is 70.8 cm³/mol. The molecule has 3 rings (SSSR count). The van der Waals surface area contributed by atoms with Gasteiger partial charge in [-0.2, -0.15) is 0 Å². The van der Waals surface area contributed by atoms with Crippen molar-refractivity contribution in [3.63, 3.8) is 0 Å². The van der Waals surface area contributed by atoms with Gasteiger partial charge in [0.25, 0.3) is 0 Å². The van der Waals surface area contributed by atoms with E-state index in [0.717, 1.165) is 12.7 Å². The third-order valence-corrected chi connectivity index (χ3v) is 3.30. The van der Waals surface area contributed by atoms with Crippen molar-refractivity contribution in [3.8, 4) is 11.1 Å². The Morgan fingerprint density at radius 3 is 2.67 bits per heavy atom. The van der Waals surface area contributed by atoms with Gasteiger partial charge in [0.2, 0.25) is 0 Å². The Balaban J connectivity index is 2.06. The molecule has 2 heteroatoms. The van der Waals surface area contributed by atoms with Gasteiger partial charge in [-0.3, -0.25) is 4.79 Å². The Labute approximate surface area is 105 Å². The van der Waals surface area contributed by atoms with E-state index in [1.165, 1.54) is 28.3 Å². The molecule has 0 saturated heterocycles. The fourth-order valence-electron chi connectivity index (χ4n) is 2.46. The zero-order valence-corrected chi connectivity index (χ0v) is 9.76. The Kier molecular flexibility index (Phi) is 2.49. The van der Waals surface area contributed by atoms with Crippen LogP contribution in [0.4, 0.5) is 0 Å². The summed E-state index contributed by atoms with van der Waals surface area (Å²) in [5.74, 6) is -0.170. The van der Waals surface area contributed by atoms with Gasteiger partial charge >= 0.3 is 0 Å². The molecule has 0 spiro atoms. The number of aliphatic hydroxyl groups is 1. The molecule has 1 N–H and O–H groups in total. The molecule has 0 heterocycles. The third-order valence-electron chi connectivity index (χ3n) is 3.30. The molecule has 1 aliphatic rings. The molecule has 0 fully saturated rings. The standard InChI is InChI=1S/C16H12O2/c17-8-7-16(18)12-5-6-15-13(10-12)9-11-3-1-2-4-14(11)15/h1-8,10,17H,9H2. The molecular formula is C16H12O2. The minimum Gasteiger partial charge on any atom is -0.515 e. The summed E-state index contributed by atoms with van der Waals surface area (Å²) in [5, 5.41) is 8.63. The number of aliphatic hydroxyl groups excluding tert-OH is 1. The zero-order chi connectivity index (χ0) is 12.5. The van der Waals surface area contributed by atoms with Crippen LogP contribution in [0.2, 0.25) is 0 Å². The first-order valence-corrected chi connectivity index (χ1v) is 5.86. The highest BCUT2D eigenvalue weighted by Crippen LogP contribution is 2.36. The van der Waals surface area contributed by atoms with Gasteiger partial charge < -0.3 is 5.11 Å². The van der Waals surface area contributed by atoms with E-state index in [2.05, 4.69) is 12.1 Å². The Bertz CT molecular complexity index is 654. The molecule has 0 saturated carbocycles. The number of fused-ring (bicyclic) bond motifs is 3. The number of carbonyl (C=O) groups is 1. The van der Waals surface area contributed by atoms with Gasteiger partial charge in [0.05, 0.1) is 6.26 Å². The predicted octanol–water partition coefficient (Wildman–Crippen LogP) is 3.51. The van der Waals surface area contributed by atoms with Gasteiger partial charge in [-0.05, 0) is 34.7 Å². The van der Waals surface area contributed by atoms with Crippen LogP contribution in [0.5, 0.6) is 0 Å². The van der Waals surface area contributed by atoms with Crippen LogP contribution >= 0.6 is 0 Å². The largest absolute Gasteiger partial charge is 0.515 e. The molecular weight excluding hydrogens is 224 g/mol. The Hall–Kier alpha value is -2.35. The normalized spacial score (nSPS) is 12.4. The summed E-state index contributed by atoms with van der Waals surface area (Å²) in [5.41, 5.74) is 5.55. The van der Waals surface area contributed by atoms with Crippen LogP contribution in [0.15, 0.2) is 54.8 Å². The van der Waals surface area contributed by atoms with Gasteiger partial charge in [0.15, 0.2) is 5.78 Å². The molecule has 88 valence electrons. The van der Waals surface area contributed by atoms with Crippen molar-refractivity contribution in [3.05, 3.63) is 71.5 Å². The molecule has 0 radical (unpaired) electrons. The van der Waals surface area contributed by atoms with Gasteiger partial charge in [-0.25, -0.2) is 0 Å². The summed E-state index contributed by atoms with van der Waals surface area (Å²) in [7, 11) is 0. The number of carbonyl (C=O) groups excluding carboxylic acids is 1. The molecule has 0 bridgehead atoms. The van der Waals surface area contributed by atoms with E-state index in [-0.39, 0.29) is 5.78 Å². The SMILES string of the molecule is O=C(C=CO)c1ccc2c(c1)Cc1ccccc1-2. The van der Waals surface area contributed by atoms with Crippen molar-refractivity contribution in [2.45, 2.75) is 6.42 Å². The van der Waals surface area contributed by atoms with Gasteiger partial charge in [0.1, 0.15) is 0 Å². The van der Waals surface area contributed by atoms with Crippen LogP contribution in [-0.4, -0.2) is 10.9 Å². The average molecular weight is 236 g/mol. The zero-order valence-electron chi connectivity index (χ0n) is 9.76.